The first kappa shape index (κ1) is 23.1. The Labute approximate surface area is 188 Å². The first-order valence-corrected chi connectivity index (χ1v) is 13.9. The molecule has 0 unspecified atom stereocenters. The van der Waals surface area contributed by atoms with Gasteiger partial charge in [0.2, 0.25) is 0 Å². The predicted octanol–water partition coefficient (Wildman–Crippen LogP) is 8.10. The van der Waals surface area contributed by atoms with Crippen molar-refractivity contribution in [1.82, 2.24) is 0 Å². The second kappa shape index (κ2) is 8.72. The van der Waals surface area contributed by atoms with E-state index in [-0.39, 0.29) is 6.10 Å². The zero-order chi connectivity index (χ0) is 21.7. The minimum absolute atomic E-state index is 0.0111. The fourth-order valence-electron chi connectivity index (χ4n) is 9.90. The van der Waals surface area contributed by atoms with Crippen molar-refractivity contribution in [2.24, 2.45) is 58.2 Å². The summed E-state index contributed by atoms with van der Waals surface area (Å²) in [5.41, 5.74) is 1.14. The van der Waals surface area contributed by atoms with Crippen LogP contribution in [0.5, 0.6) is 0 Å². The van der Waals surface area contributed by atoms with Gasteiger partial charge in [0.05, 0.1) is 6.10 Å². The molecule has 4 saturated carbocycles. The molecule has 30 heavy (non-hydrogen) atoms. The van der Waals surface area contributed by atoms with Gasteiger partial charge in [-0.3, -0.25) is 0 Å². The second-order valence-electron chi connectivity index (χ2n) is 13.3. The molecule has 0 amide bonds. The molecule has 0 heterocycles. The first-order valence-electron chi connectivity index (χ1n) is 13.9. The normalized spacial score (nSPS) is 48.0. The van der Waals surface area contributed by atoms with Crippen molar-refractivity contribution in [1.29, 1.82) is 0 Å². The largest absolute Gasteiger partial charge is 0.393 e. The summed E-state index contributed by atoms with van der Waals surface area (Å²) in [5.74, 6) is 7.34. The van der Waals surface area contributed by atoms with Crippen molar-refractivity contribution in [3.05, 3.63) is 0 Å². The maximum Gasteiger partial charge on any atom is 0.0543 e. The number of hydrogen-bond donors (Lipinski definition) is 1. The molecule has 174 valence electrons. The summed E-state index contributed by atoms with van der Waals surface area (Å²) in [6, 6.07) is 0. The highest BCUT2D eigenvalue weighted by Crippen LogP contribution is 2.68. The Bertz CT molecular complexity index is 583. The number of rotatable bonds is 6. The van der Waals surface area contributed by atoms with Crippen molar-refractivity contribution in [2.75, 3.05) is 0 Å². The molecule has 0 bridgehead atoms. The molecule has 4 aliphatic rings. The van der Waals surface area contributed by atoms with Gasteiger partial charge in [-0.25, -0.2) is 0 Å². The minimum atomic E-state index is -0.0111. The Morgan fingerprint density at radius 3 is 2.23 bits per heavy atom. The van der Waals surface area contributed by atoms with E-state index in [0.29, 0.717) is 10.8 Å². The van der Waals surface area contributed by atoms with Crippen LogP contribution >= 0.6 is 0 Å². The van der Waals surface area contributed by atoms with Crippen LogP contribution in [0.4, 0.5) is 0 Å². The quantitative estimate of drug-likeness (QED) is 0.463. The van der Waals surface area contributed by atoms with Crippen molar-refractivity contribution in [3.8, 4) is 0 Å². The molecular weight excluding hydrogens is 364 g/mol. The third-order valence-corrected chi connectivity index (χ3v) is 11.9. The SMILES string of the molecule is CC[C@@H](CC[C@@H](C)[C@H]1CC[C@H]2[C@H]3CC[C@@H]4C[C@H](O)CC[C@]4(C)[C@H]3CC[C@]12C)C(C)C. The van der Waals surface area contributed by atoms with E-state index in [1.54, 1.807) is 0 Å². The number of aliphatic hydroxyl groups is 1. The van der Waals surface area contributed by atoms with Gasteiger partial charge in [-0.1, -0.05) is 54.4 Å². The molecule has 0 aromatic heterocycles. The zero-order valence-electron chi connectivity index (χ0n) is 21.1. The van der Waals surface area contributed by atoms with Gasteiger partial charge in [-0.15, -0.1) is 0 Å². The van der Waals surface area contributed by atoms with E-state index in [0.717, 1.165) is 60.2 Å². The third-order valence-electron chi connectivity index (χ3n) is 11.9. The van der Waals surface area contributed by atoms with Crippen LogP contribution in [0, 0.1) is 58.2 Å². The van der Waals surface area contributed by atoms with Crippen LogP contribution in [0.25, 0.3) is 0 Å². The number of fused-ring (bicyclic) bond motifs is 5. The van der Waals surface area contributed by atoms with Crippen LogP contribution < -0.4 is 0 Å². The zero-order valence-corrected chi connectivity index (χ0v) is 21.1. The molecule has 0 radical (unpaired) electrons. The topological polar surface area (TPSA) is 20.2 Å². The fraction of sp³-hybridized carbons (Fsp3) is 1.00. The van der Waals surface area contributed by atoms with Crippen LogP contribution in [0.2, 0.25) is 0 Å². The van der Waals surface area contributed by atoms with Crippen LogP contribution in [-0.2, 0) is 0 Å². The van der Waals surface area contributed by atoms with Crippen LogP contribution in [0.1, 0.15) is 119 Å². The fourth-order valence-corrected chi connectivity index (χ4v) is 9.90. The average Bonchev–Trinajstić information content (AvgIpc) is 3.06. The Morgan fingerprint density at radius 1 is 0.833 bits per heavy atom. The van der Waals surface area contributed by atoms with E-state index >= 15 is 0 Å². The lowest BCUT2D eigenvalue weighted by molar-refractivity contribution is -0.129. The summed E-state index contributed by atoms with van der Waals surface area (Å²) >= 11 is 0. The van der Waals surface area contributed by atoms with E-state index in [1.807, 2.05) is 0 Å². The lowest BCUT2D eigenvalue weighted by atomic mass is 9.44. The van der Waals surface area contributed by atoms with Gasteiger partial charge in [0.15, 0.2) is 0 Å². The summed E-state index contributed by atoms with van der Waals surface area (Å²) in [6.45, 7) is 15.2. The molecule has 0 spiro atoms. The smallest absolute Gasteiger partial charge is 0.0543 e. The second-order valence-corrected chi connectivity index (χ2v) is 13.3. The lowest BCUT2D eigenvalue weighted by Gasteiger charge is -2.61. The molecule has 4 aliphatic carbocycles. The molecule has 0 aliphatic heterocycles. The molecule has 1 nitrogen and oxygen atoms in total. The summed E-state index contributed by atoms with van der Waals surface area (Å²) in [5, 5.41) is 10.3. The van der Waals surface area contributed by atoms with Crippen molar-refractivity contribution >= 4 is 0 Å². The molecule has 1 N–H and O–H groups in total. The molecule has 4 fully saturated rings. The van der Waals surface area contributed by atoms with Crippen LogP contribution in [0.3, 0.4) is 0 Å². The maximum absolute atomic E-state index is 10.3. The van der Waals surface area contributed by atoms with E-state index in [9.17, 15) is 5.11 Å². The van der Waals surface area contributed by atoms with Gasteiger partial charge in [-0.2, -0.15) is 0 Å². The number of hydrogen-bond acceptors (Lipinski definition) is 1. The highest BCUT2D eigenvalue weighted by atomic mass is 16.3. The van der Waals surface area contributed by atoms with Crippen molar-refractivity contribution in [2.45, 2.75) is 125 Å². The van der Waals surface area contributed by atoms with Gasteiger partial charge >= 0.3 is 0 Å². The highest BCUT2D eigenvalue weighted by Gasteiger charge is 2.60. The first-order chi connectivity index (χ1) is 14.2. The van der Waals surface area contributed by atoms with Crippen LogP contribution in [0.15, 0.2) is 0 Å². The number of aliphatic hydroxyl groups excluding tert-OH is 1. The minimum Gasteiger partial charge on any atom is -0.393 e. The Morgan fingerprint density at radius 2 is 1.53 bits per heavy atom. The van der Waals surface area contributed by atoms with Gasteiger partial charge in [-0.05, 0) is 122 Å². The summed E-state index contributed by atoms with van der Waals surface area (Å²) in [6.07, 6.45) is 16.5. The van der Waals surface area contributed by atoms with Crippen LogP contribution in [-0.4, -0.2) is 11.2 Å². The van der Waals surface area contributed by atoms with Crippen molar-refractivity contribution < 1.29 is 5.11 Å². The van der Waals surface area contributed by atoms with Gasteiger partial charge in [0, 0.05) is 0 Å². The molecule has 1 heteroatoms. The summed E-state index contributed by atoms with van der Waals surface area (Å²) < 4.78 is 0. The Hall–Kier alpha value is -0.0400. The molecule has 0 aromatic carbocycles. The highest BCUT2D eigenvalue weighted by molar-refractivity contribution is 5.09. The molecular formula is C29H52O. The average molecular weight is 417 g/mol. The van der Waals surface area contributed by atoms with E-state index in [1.165, 1.54) is 64.2 Å². The summed E-state index contributed by atoms with van der Waals surface area (Å²) in [4.78, 5) is 0. The predicted molar refractivity (Wildman–Crippen MR) is 128 cm³/mol. The van der Waals surface area contributed by atoms with E-state index < -0.39 is 0 Å². The molecule has 0 aromatic rings. The molecule has 0 saturated heterocycles. The van der Waals surface area contributed by atoms with E-state index in [4.69, 9.17) is 0 Å². The standard InChI is InChI=1S/C29H52O/c1-7-21(19(2)3)9-8-20(4)25-12-13-26-24-11-10-22-18-23(30)14-16-28(22,5)27(24)15-17-29(25,26)6/h19-27,30H,7-18H2,1-6H3/t20-,21+,22-,23-,24-,25-,26+,27+,28+,29-/m1/s1. The van der Waals surface area contributed by atoms with Gasteiger partial charge in [0.25, 0.3) is 0 Å². The Balaban J connectivity index is 1.45. The van der Waals surface area contributed by atoms with E-state index in [2.05, 4.69) is 41.5 Å². The summed E-state index contributed by atoms with van der Waals surface area (Å²) in [7, 11) is 0. The lowest BCUT2D eigenvalue weighted by Crippen LogP contribution is -2.54. The third kappa shape index (κ3) is 3.82. The van der Waals surface area contributed by atoms with Gasteiger partial charge in [0.1, 0.15) is 0 Å². The maximum atomic E-state index is 10.3. The van der Waals surface area contributed by atoms with Gasteiger partial charge < -0.3 is 5.11 Å². The molecule has 10 atom stereocenters. The molecule has 4 rings (SSSR count). The monoisotopic (exact) mass is 416 g/mol. The van der Waals surface area contributed by atoms with Crippen molar-refractivity contribution in [3.63, 3.8) is 0 Å². The Kier molecular flexibility index (Phi) is 6.72.